The summed E-state index contributed by atoms with van der Waals surface area (Å²) in [5, 5.41) is 87.8. The summed E-state index contributed by atoms with van der Waals surface area (Å²) in [5.74, 6) is -0.208. The zero-order valence-electron chi connectivity index (χ0n) is 60.8. The Bertz CT molecular complexity index is 1980. The first-order chi connectivity index (χ1) is 47.1. The highest BCUT2D eigenvalue weighted by molar-refractivity contribution is 5.76. The van der Waals surface area contributed by atoms with Gasteiger partial charge in [0, 0.05) is 6.42 Å². The lowest BCUT2D eigenvalue weighted by Gasteiger charge is -2.46. The Balaban J connectivity index is 1.62. The number of unbranched alkanes of at least 4 members (excludes halogenated alkanes) is 36. The van der Waals surface area contributed by atoms with Gasteiger partial charge in [-0.25, -0.2) is 0 Å². The summed E-state index contributed by atoms with van der Waals surface area (Å²) in [6.45, 7) is 2.79. The van der Waals surface area contributed by atoms with Crippen LogP contribution in [0.2, 0.25) is 0 Å². The van der Waals surface area contributed by atoms with Crippen LogP contribution in [-0.4, -0.2) is 140 Å². The largest absolute Gasteiger partial charge is 0.394 e. The molecule has 2 aliphatic rings. The van der Waals surface area contributed by atoms with E-state index in [0.717, 1.165) is 109 Å². The highest BCUT2D eigenvalue weighted by Gasteiger charge is 2.51. The smallest absolute Gasteiger partial charge is 0.220 e. The van der Waals surface area contributed by atoms with Crippen molar-refractivity contribution in [2.24, 2.45) is 0 Å². The molecule has 0 aliphatic carbocycles. The van der Waals surface area contributed by atoms with Gasteiger partial charge in [0.1, 0.15) is 48.8 Å². The fourth-order valence-corrected chi connectivity index (χ4v) is 12.6. The van der Waals surface area contributed by atoms with Crippen molar-refractivity contribution in [1.82, 2.24) is 5.32 Å². The van der Waals surface area contributed by atoms with E-state index in [1.165, 1.54) is 186 Å². The van der Waals surface area contributed by atoms with E-state index in [2.05, 4.69) is 116 Å². The number of aliphatic hydroxyl groups is 8. The van der Waals surface area contributed by atoms with Gasteiger partial charge in [-0.1, -0.05) is 336 Å². The normalized spacial score (nSPS) is 22.8. The van der Waals surface area contributed by atoms with Crippen LogP contribution in [0.25, 0.3) is 0 Å². The minimum Gasteiger partial charge on any atom is -0.394 e. The number of allylic oxidation sites excluding steroid dienone is 16. The van der Waals surface area contributed by atoms with Gasteiger partial charge in [-0.2, -0.15) is 0 Å². The second kappa shape index (κ2) is 65.2. The van der Waals surface area contributed by atoms with E-state index in [9.17, 15) is 45.6 Å². The van der Waals surface area contributed by atoms with Crippen molar-refractivity contribution in [3.05, 3.63) is 97.2 Å². The van der Waals surface area contributed by atoms with Crippen LogP contribution in [-0.2, 0) is 23.7 Å². The molecule has 96 heavy (non-hydrogen) atoms. The van der Waals surface area contributed by atoms with Gasteiger partial charge in [-0.3, -0.25) is 4.79 Å². The number of carbonyl (C=O) groups is 1. The van der Waals surface area contributed by atoms with Crippen LogP contribution >= 0.6 is 0 Å². The summed E-state index contributed by atoms with van der Waals surface area (Å²) in [4.78, 5) is 13.4. The van der Waals surface area contributed by atoms with E-state index in [4.69, 9.17) is 18.9 Å². The molecule has 0 aromatic carbocycles. The molecule has 0 spiro atoms. The fourth-order valence-electron chi connectivity index (χ4n) is 12.6. The van der Waals surface area contributed by atoms with E-state index >= 15 is 0 Å². The highest BCUT2D eigenvalue weighted by atomic mass is 16.7. The molecule has 2 saturated heterocycles. The average Bonchev–Trinajstić information content (AvgIpc) is 0.857. The van der Waals surface area contributed by atoms with Gasteiger partial charge in [0.05, 0.1) is 32.0 Å². The Hall–Kier alpha value is -3.09. The maximum Gasteiger partial charge on any atom is 0.220 e. The third-order valence-corrected chi connectivity index (χ3v) is 18.8. The number of ether oxygens (including phenoxy) is 4. The Labute approximate surface area is 585 Å². The van der Waals surface area contributed by atoms with E-state index in [1.807, 2.05) is 0 Å². The van der Waals surface area contributed by atoms with Crippen molar-refractivity contribution < 1.29 is 64.6 Å². The van der Waals surface area contributed by atoms with Crippen LogP contribution in [0.3, 0.4) is 0 Å². The number of aliphatic hydroxyl groups excluding tert-OH is 8. The number of rotatable bonds is 65. The van der Waals surface area contributed by atoms with E-state index in [-0.39, 0.29) is 12.5 Å². The first kappa shape index (κ1) is 89.0. The molecule has 14 heteroatoms. The monoisotopic (exact) mass is 1350 g/mol. The Morgan fingerprint density at radius 2 is 0.719 bits per heavy atom. The molecular weight excluding hydrogens is 1210 g/mol. The molecule has 1 amide bonds. The van der Waals surface area contributed by atoms with Gasteiger partial charge in [-0.05, 0) is 77.0 Å². The zero-order chi connectivity index (χ0) is 69.4. The molecule has 2 aliphatic heterocycles. The SMILES string of the molecule is CC/C=C\C/C=C\C/C=C\C/C=C\C/C=C\C/C=C\C/C=C\C/C=C\CCCCCCCCCCCCCCC(=O)NC(COC1OC(CO)C(OC2OC(CO)C(O)C(O)C2O)C(O)C1O)C(O)CCCCCCCCCCCCCCCCCCCCCCCCCCC. The van der Waals surface area contributed by atoms with Crippen LogP contribution in [0.4, 0.5) is 0 Å². The summed E-state index contributed by atoms with van der Waals surface area (Å²) in [6.07, 6.45) is 75.7. The molecule has 0 saturated carbocycles. The quantitative estimate of drug-likeness (QED) is 0.0204. The number of hydrogen-bond acceptors (Lipinski definition) is 13. The van der Waals surface area contributed by atoms with Crippen LogP contribution in [0.1, 0.15) is 322 Å². The molecule has 0 aromatic rings. The van der Waals surface area contributed by atoms with Crippen LogP contribution in [0.15, 0.2) is 97.2 Å². The molecule has 12 unspecified atom stereocenters. The molecule has 2 rings (SSSR count). The summed E-state index contributed by atoms with van der Waals surface area (Å²) < 4.78 is 23.0. The third-order valence-electron chi connectivity index (χ3n) is 18.8. The van der Waals surface area contributed by atoms with Crippen molar-refractivity contribution in [3.8, 4) is 0 Å². The molecular formula is C82H145NO13. The maximum atomic E-state index is 13.4. The maximum absolute atomic E-state index is 13.4. The number of amides is 1. The number of nitrogens with one attached hydrogen (secondary N) is 1. The third kappa shape index (κ3) is 47.9. The molecule has 0 radical (unpaired) electrons. The van der Waals surface area contributed by atoms with Gasteiger partial charge in [-0.15, -0.1) is 0 Å². The van der Waals surface area contributed by atoms with Gasteiger partial charge in [0.25, 0.3) is 0 Å². The van der Waals surface area contributed by atoms with E-state index in [0.29, 0.717) is 12.8 Å². The predicted molar refractivity (Wildman–Crippen MR) is 396 cm³/mol. The topological polar surface area (TPSA) is 228 Å². The Morgan fingerprint density at radius 1 is 0.385 bits per heavy atom. The van der Waals surface area contributed by atoms with Crippen molar-refractivity contribution in [1.29, 1.82) is 0 Å². The molecule has 0 bridgehead atoms. The standard InChI is InChI=1S/C82H145NO13/c1-3-5-7-9-11-13-15-17-19-21-23-25-27-29-30-31-32-33-34-35-36-37-38-39-40-42-44-46-48-50-52-54-56-58-60-62-64-66-74(87)83-70(69-93-81-79(92)77(90)80(73(68-85)95-81)96-82-78(91)76(89)75(88)72(67-84)94-82)71(86)65-63-61-59-57-55-53-51-49-47-45-43-41-28-26-24-22-20-18-16-14-12-10-8-6-4-2/h5,7,11,13,17,19,23,25,29-30,32-33,35-36,38-39,70-73,75-82,84-86,88-92H,3-4,6,8-10,12,14-16,18,20-22,24,26-28,31,34,37,40-69H2,1-2H3,(H,83,87)/b7-5-,13-11-,19-17-,25-23-,30-29-,33-32-,36-35-,39-38-. The first-order valence-corrected chi connectivity index (χ1v) is 39.5. The molecule has 14 nitrogen and oxygen atoms in total. The fraction of sp³-hybridized carbons (Fsp3) is 0.793. The lowest BCUT2D eigenvalue weighted by atomic mass is 9.97. The molecule has 2 heterocycles. The van der Waals surface area contributed by atoms with E-state index < -0.39 is 86.8 Å². The minimum absolute atomic E-state index is 0.208. The van der Waals surface area contributed by atoms with Crippen molar-refractivity contribution in [2.45, 2.75) is 396 Å². The lowest BCUT2D eigenvalue weighted by Crippen LogP contribution is -2.65. The Morgan fingerprint density at radius 3 is 1.10 bits per heavy atom. The molecule has 556 valence electrons. The van der Waals surface area contributed by atoms with Crippen LogP contribution < -0.4 is 5.32 Å². The van der Waals surface area contributed by atoms with Gasteiger partial charge >= 0.3 is 0 Å². The highest BCUT2D eigenvalue weighted by Crippen LogP contribution is 2.30. The van der Waals surface area contributed by atoms with Crippen LogP contribution in [0, 0.1) is 0 Å². The second-order valence-electron chi connectivity index (χ2n) is 27.5. The van der Waals surface area contributed by atoms with Gasteiger partial charge in [0.15, 0.2) is 12.6 Å². The zero-order valence-corrected chi connectivity index (χ0v) is 60.8. The predicted octanol–water partition coefficient (Wildman–Crippen LogP) is 17.7. The lowest BCUT2D eigenvalue weighted by molar-refractivity contribution is -0.359. The van der Waals surface area contributed by atoms with Crippen molar-refractivity contribution in [2.75, 3.05) is 19.8 Å². The molecule has 0 aromatic heterocycles. The number of hydrogen-bond donors (Lipinski definition) is 9. The molecule has 2 fully saturated rings. The summed E-state index contributed by atoms with van der Waals surface area (Å²) >= 11 is 0. The Kier molecular flexibility index (Phi) is 60.5. The second-order valence-corrected chi connectivity index (χ2v) is 27.5. The summed E-state index contributed by atoms with van der Waals surface area (Å²) in [7, 11) is 0. The molecule has 12 atom stereocenters. The molecule has 9 N–H and O–H groups in total. The van der Waals surface area contributed by atoms with Crippen molar-refractivity contribution >= 4 is 5.91 Å². The van der Waals surface area contributed by atoms with Crippen molar-refractivity contribution in [3.63, 3.8) is 0 Å². The first-order valence-electron chi connectivity index (χ1n) is 39.5. The number of carbonyl (C=O) groups excluding carboxylic acids is 1. The average molecular weight is 1350 g/mol. The van der Waals surface area contributed by atoms with Gasteiger partial charge < -0.3 is 65.1 Å². The van der Waals surface area contributed by atoms with Crippen LogP contribution in [0.5, 0.6) is 0 Å². The summed E-state index contributed by atoms with van der Waals surface area (Å²) in [5.41, 5.74) is 0. The van der Waals surface area contributed by atoms with Gasteiger partial charge in [0.2, 0.25) is 5.91 Å². The minimum atomic E-state index is -1.79. The summed E-state index contributed by atoms with van der Waals surface area (Å²) in [6, 6.07) is -0.837. The van der Waals surface area contributed by atoms with E-state index in [1.54, 1.807) is 0 Å².